The Balaban J connectivity index is 2.45. The average molecular weight is 111 g/mol. The van der Waals surface area contributed by atoms with Gasteiger partial charge in [0.25, 0.3) is 0 Å². The van der Waals surface area contributed by atoms with E-state index < -0.39 is 0 Å². The molecule has 0 aromatic heterocycles. The summed E-state index contributed by atoms with van der Waals surface area (Å²) in [4.78, 5) is 0. The molecule has 0 aromatic rings. The lowest BCUT2D eigenvalue weighted by molar-refractivity contribution is 0.321. The van der Waals surface area contributed by atoms with Gasteiger partial charge in [-0.3, -0.25) is 0 Å². The van der Waals surface area contributed by atoms with Crippen LogP contribution in [0, 0.1) is 0 Å². The summed E-state index contributed by atoms with van der Waals surface area (Å²) in [6.45, 7) is 0. The zero-order valence-electron chi connectivity index (χ0n) is 4.67. The van der Waals surface area contributed by atoms with Crippen LogP contribution in [0.15, 0.2) is 16.8 Å². The minimum absolute atomic E-state index is 1.07. The van der Waals surface area contributed by atoms with Gasteiger partial charge in [0.2, 0.25) is 0 Å². The highest BCUT2D eigenvalue weighted by molar-refractivity contribution is 5.78. The van der Waals surface area contributed by atoms with Gasteiger partial charge in [-0.2, -0.15) is 0 Å². The molecule has 1 N–H and O–H groups in total. The van der Waals surface area contributed by atoms with E-state index in [1.807, 2.05) is 0 Å². The Kier molecular flexibility index (Phi) is 1.67. The minimum Gasteiger partial charge on any atom is -0.411 e. The molecule has 0 aliphatic heterocycles. The lowest BCUT2D eigenvalue weighted by atomic mass is 10.3. The first-order chi connectivity index (χ1) is 3.93. The molecule has 0 unspecified atom stereocenters. The van der Waals surface area contributed by atoms with Crippen molar-refractivity contribution >= 4 is 6.21 Å². The van der Waals surface area contributed by atoms with Crippen LogP contribution in [0.3, 0.4) is 0 Å². The quantitative estimate of drug-likeness (QED) is 0.311. The van der Waals surface area contributed by atoms with Crippen LogP contribution >= 0.6 is 0 Å². The van der Waals surface area contributed by atoms with E-state index in [0.29, 0.717) is 0 Å². The van der Waals surface area contributed by atoms with Crippen LogP contribution in [0.2, 0.25) is 0 Å². The van der Waals surface area contributed by atoms with Gasteiger partial charge in [0.1, 0.15) is 0 Å². The summed E-state index contributed by atoms with van der Waals surface area (Å²) in [6.07, 6.45) is 7.03. The van der Waals surface area contributed by atoms with E-state index in [1.165, 1.54) is 12.6 Å². The van der Waals surface area contributed by atoms with E-state index in [9.17, 15) is 0 Å². The Hall–Kier alpha value is -0.790. The van der Waals surface area contributed by atoms with Gasteiger partial charge in [-0.1, -0.05) is 11.2 Å². The summed E-state index contributed by atoms with van der Waals surface area (Å²) in [5, 5.41) is 11.0. The topological polar surface area (TPSA) is 32.6 Å². The third-order valence-electron chi connectivity index (χ3n) is 1.30. The summed E-state index contributed by atoms with van der Waals surface area (Å²) in [5.41, 5.74) is 1.16. The molecule has 0 bridgehead atoms. The van der Waals surface area contributed by atoms with Gasteiger partial charge >= 0.3 is 0 Å². The molecular weight excluding hydrogens is 102 g/mol. The molecule has 0 heterocycles. The van der Waals surface area contributed by atoms with Crippen LogP contribution in [0.5, 0.6) is 0 Å². The maximum atomic E-state index is 8.06. The summed E-state index contributed by atoms with van der Waals surface area (Å²) in [7, 11) is 0. The predicted octanol–water partition coefficient (Wildman–Crippen LogP) is 1.56. The van der Waals surface area contributed by atoms with E-state index in [2.05, 4.69) is 11.2 Å². The van der Waals surface area contributed by atoms with Crippen molar-refractivity contribution in [1.29, 1.82) is 0 Å². The van der Waals surface area contributed by atoms with Crippen molar-refractivity contribution in [2.24, 2.45) is 5.16 Å². The van der Waals surface area contributed by atoms with Crippen molar-refractivity contribution in [2.45, 2.75) is 19.3 Å². The maximum Gasteiger partial charge on any atom is 0.0690 e. The Morgan fingerprint density at radius 1 is 1.75 bits per heavy atom. The van der Waals surface area contributed by atoms with Crippen molar-refractivity contribution in [1.82, 2.24) is 0 Å². The van der Waals surface area contributed by atoms with E-state index in [1.54, 1.807) is 0 Å². The fourth-order valence-electron chi connectivity index (χ4n) is 0.887. The van der Waals surface area contributed by atoms with Crippen molar-refractivity contribution in [3.63, 3.8) is 0 Å². The molecule has 0 saturated carbocycles. The van der Waals surface area contributed by atoms with Crippen molar-refractivity contribution in [3.05, 3.63) is 11.6 Å². The van der Waals surface area contributed by atoms with Crippen LogP contribution in [0.25, 0.3) is 0 Å². The van der Waals surface area contributed by atoms with E-state index in [-0.39, 0.29) is 0 Å². The summed E-state index contributed by atoms with van der Waals surface area (Å²) < 4.78 is 0. The molecule has 1 aliphatic rings. The molecular formula is C6H9NO. The molecule has 0 fully saturated rings. The minimum atomic E-state index is 1.07. The summed E-state index contributed by atoms with van der Waals surface area (Å²) >= 11 is 0. The van der Waals surface area contributed by atoms with Crippen molar-refractivity contribution < 1.29 is 5.21 Å². The second kappa shape index (κ2) is 2.50. The lowest BCUT2D eigenvalue weighted by Gasteiger charge is -1.83. The molecule has 0 aromatic carbocycles. The molecule has 0 spiro atoms. The van der Waals surface area contributed by atoms with Gasteiger partial charge in [0.05, 0.1) is 6.21 Å². The second-order valence-corrected chi connectivity index (χ2v) is 1.92. The number of allylic oxidation sites excluding steroid dienone is 2. The van der Waals surface area contributed by atoms with E-state index in [4.69, 9.17) is 5.21 Å². The Labute approximate surface area is 48.5 Å². The fourth-order valence-corrected chi connectivity index (χ4v) is 0.887. The molecule has 2 heteroatoms. The lowest BCUT2D eigenvalue weighted by Crippen LogP contribution is -1.76. The van der Waals surface area contributed by atoms with E-state index in [0.717, 1.165) is 18.4 Å². The third kappa shape index (κ3) is 1.09. The first kappa shape index (κ1) is 5.35. The van der Waals surface area contributed by atoms with Gasteiger partial charge in [0.15, 0.2) is 0 Å². The number of oxime groups is 1. The number of hydrogen-bond donors (Lipinski definition) is 1. The molecule has 44 valence electrons. The van der Waals surface area contributed by atoms with E-state index >= 15 is 0 Å². The second-order valence-electron chi connectivity index (χ2n) is 1.92. The Bertz CT molecular complexity index is 126. The van der Waals surface area contributed by atoms with Gasteiger partial charge in [-0.05, 0) is 24.8 Å². The number of rotatable bonds is 1. The molecule has 0 radical (unpaired) electrons. The van der Waals surface area contributed by atoms with Crippen molar-refractivity contribution in [2.75, 3.05) is 0 Å². The van der Waals surface area contributed by atoms with Gasteiger partial charge < -0.3 is 5.21 Å². The van der Waals surface area contributed by atoms with Crippen LogP contribution in [0.1, 0.15) is 19.3 Å². The zero-order chi connectivity index (χ0) is 5.82. The highest BCUT2D eigenvalue weighted by Gasteiger charge is 1.99. The zero-order valence-corrected chi connectivity index (χ0v) is 4.67. The fraction of sp³-hybridized carbons (Fsp3) is 0.500. The molecule has 0 saturated heterocycles. The van der Waals surface area contributed by atoms with Crippen LogP contribution in [-0.4, -0.2) is 11.4 Å². The molecule has 1 rings (SSSR count). The predicted molar refractivity (Wildman–Crippen MR) is 32.2 cm³/mol. The number of hydrogen-bond acceptors (Lipinski definition) is 2. The Morgan fingerprint density at radius 3 is 3.12 bits per heavy atom. The highest BCUT2D eigenvalue weighted by Crippen LogP contribution is 2.14. The van der Waals surface area contributed by atoms with Gasteiger partial charge in [-0.15, -0.1) is 0 Å². The van der Waals surface area contributed by atoms with Crippen molar-refractivity contribution in [3.8, 4) is 0 Å². The maximum absolute atomic E-state index is 8.06. The summed E-state index contributed by atoms with van der Waals surface area (Å²) in [6, 6.07) is 0. The molecule has 2 nitrogen and oxygen atoms in total. The first-order valence-corrected chi connectivity index (χ1v) is 2.80. The van der Waals surface area contributed by atoms with Crippen LogP contribution in [-0.2, 0) is 0 Å². The van der Waals surface area contributed by atoms with Crippen LogP contribution < -0.4 is 0 Å². The molecule has 0 amide bonds. The van der Waals surface area contributed by atoms with Gasteiger partial charge in [0, 0.05) is 0 Å². The molecule has 8 heavy (non-hydrogen) atoms. The SMILES string of the molecule is ON=CC1=CCCC1. The average Bonchev–Trinajstić information content (AvgIpc) is 2.19. The smallest absolute Gasteiger partial charge is 0.0690 e. The first-order valence-electron chi connectivity index (χ1n) is 2.80. The van der Waals surface area contributed by atoms with Gasteiger partial charge in [-0.25, -0.2) is 0 Å². The molecule has 0 atom stereocenters. The number of nitrogens with zero attached hydrogens (tertiary/aromatic N) is 1. The largest absolute Gasteiger partial charge is 0.411 e. The monoisotopic (exact) mass is 111 g/mol. The van der Waals surface area contributed by atoms with Crippen LogP contribution in [0.4, 0.5) is 0 Å². The Morgan fingerprint density at radius 2 is 2.62 bits per heavy atom. The highest BCUT2D eigenvalue weighted by atomic mass is 16.4. The third-order valence-corrected chi connectivity index (χ3v) is 1.30. The standard InChI is InChI=1S/C6H9NO/c8-7-5-6-3-1-2-4-6/h3,5,8H,1-2,4H2. The summed E-state index contributed by atoms with van der Waals surface area (Å²) in [5.74, 6) is 0. The molecule has 1 aliphatic carbocycles. The normalized spacial score (nSPS) is 19.8.